The molecule has 0 radical (unpaired) electrons. The monoisotopic (exact) mass is 333 g/mol. The fraction of sp³-hybridized carbons (Fsp3) is 0.312. The van der Waals surface area contributed by atoms with Crippen LogP contribution in [0.4, 0.5) is 5.69 Å². The molecule has 1 unspecified atom stereocenters. The molecule has 20 heavy (non-hydrogen) atoms. The summed E-state index contributed by atoms with van der Waals surface area (Å²) in [5.74, 6) is 1.11. The van der Waals surface area contributed by atoms with E-state index in [4.69, 9.17) is 4.42 Å². The molecule has 1 amide bonds. The molecule has 0 fully saturated rings. The second-order valence-corrected chi connectivity index (χ2v) is 5.90. The molecule has 1 aromatic heterocycles. The van der Waals surface area contributed by atoms with E-state index >= 15 is 0 Å². The first-order valence-electron chi connectivity index (χ1n) is 6.82. The summed E-state index contributed by atoms with van der Waals surface area (Å²) in [7, 11) is 0. The maximum absolute atomic E-state index is 11.4. The van der Waals surface area contributed by atoms with Crippen LogP contribution in [0.25, 0.3) is 0 Å². The summed E-state index contributed by atoms with van der Waals surface area (Å²) in [5.41, 5.74) is 4.50. The number of carbonyl (C=O) groups is 1. The number of rotatable bonds is 3. The molecule has 104 valence electrons. The molecular formula is C16H16BrNO2. The maximum Gasteiger partial charge on any atom is 0.224 e. The van der Waals surface area contributed by atoms with E-state index in [1.807, 2.05) is 12.1 Å². The van der Waals surface area contributed by atoms with Crippen molar-refractivity contribution in [3.63, 3.8) is 0 Å². The van der Waals surface area contributed by atoms with Crippen LogP contribution in [0.1, 0.15) is 40.6 Å². The van der Waals surface area contributed by atoms with Crippen molar-refractivity contribution < 1.29 is 9.21 Å². The number of halogens is 1. The third-order valence-electron chi connectivity index (χ3n) is 3.69. The highest BCUT2D eigenvalue weighted by Gasteiger charge is 2.20. The minimum absolute atomic E-state index is 0.101. The van der Waals surface area contributed by atoms with E-state index in [9.17, 15) is 4.79 Å². The Morgan fingerprint density at radius 3 is 3.00 bits per heavy atom. The molecule has 3 rings (SSSR count). The molecule has 1 aliphatic rings. The van der Waals surface area contributed by atoms with Gasteiger partial charge in [0, 0.05) is 24.1 Å². The number of anilines is 1. The number of aryl methyl sites for hydroxylation is 2. The number of benzene rings is 1. The second kappa shape index (κ2) is 5.44. The van der Waals surface area contributed by atoms with Crippen molar-refractivity contribution in [3.8, 4) is 0 Å². The molecular weight excluding hydrogens is 318 g/mol. The fourth-order valence-corrected chi connectivity index (χ4v) is 3.30. The van der Waals surface area contributed by atoms with Crippen molar-refractivity contribution in [2.24, 2.45) is 0 Å². The maximum atomic E-state index is 11.4. The fourth-order valence-electron chi connectivity index (χ4n) is 2.60. The summed E-state index contributed by atoms with van der Waals surface area (Å²) < 4.78 is 5.50. The predicted molar refractivity (Wildman–Crippen MR) is 82.2 cm³/mol. The van der Waals surface area contributed by atoms with Gasteiger partial charge in [-0.3, -0.25) is 4.79 Å². The topological polar surface area (TPSA) is 42.2 Å². The summed E-state index contributed by atoms with van der Waals surface area (Å²) in [6, 6.07) is 8.22. The Bertz CT molecular complexity index is 648. The number of fused-ring (bicyclic) bond motifs is 1. The highest BCUT2D eigenvalue weighted by molar-refractivity contribution is 9.09. The van der Waals surface area contributed by atoms with Crippen LogP contribution >= 0.6 is 15.9 Å². The Kier molecular flexibility index (Phi) is 3.66. The van der Waals surface area contributed by atoms with Crippen molar-refractivity contribution in [2.45, 2.75) is 31.0 Å². The average molecular weight is 334 g/mol. The lowest BCUT2D eigenvalue weighted by atomic mass is 9.97. The predicted octanol–water partition coefficient (Wildman–Crippen LogP) is 4.21. The lowest BCUT2D eigenvalue weighted by molar-refractivity contribution is -0.116. The van der Waals surface area contributed by atoms with Gasteiger partial charge in [-0.05, 0) is 29.7 Å². The number of hydrogen-bond acceptors (Lipinski definition) is 2. The SMILES string of the molecule is CCc1occc1C(Br)c1ccc2c(c1)CCC(=O)N2. The molecule has 1 aromatic carbocycles. The van der Waals surface area contributed by atoms with Crippen molar-refractivity contribution in [2.75, 3.05) is 5.32 Å². The number of nitrogens with one attached hydrogen (secondary N) is 1. The van der Waals surface area contributed by atoms with Gasteiger partial charge < -0.3 is 9.73 Å². The van der Waals surface area contributed by atoms with Crippen molar-refractivity contribution >= 4 is 27.5 Å². The molecule has 0 saturated heterocycles. The molecule has 3 nitrogen and oxygen atoms in total. The third kappa shape index (κ3) is 2.40. The van der Waals surface area contributed by atoms with Crippen LogP contribution < -0.4 is 5.32 Å². The Morgan fingerprint density at radius 2 is 2.20 bits per heavy atom. The van der Waals surface area contributed by atoms with Crippen molar-refractivity contribution in [1.29, 1.82) is 0 Å². The first-order valence-corrected chi connectivity index (χ1v) is 7.73. The molecule has 4 heteroatoms. The van der Waals surface area contributed by atoms with Gasteiger partial charge in [-0.2, -0.15) is 0 Å². The largest absolute Gasteiger partial charge is 0.469 e. The van der Waals surface area contributed by atoms with E-state index in [2.05, 4.69) is 40.3 Å². The average Bonchev–Trinajstić information content (AvgIpc) is 2.94. The van der Waals surface area contributed by atoms with Gasteiger partial charge in [-0.1, -0.05) is 35.0 Å². The minimum Gasteiger partial charge on any atom is -0.469 e. The lowest BCUT2D eigenvalue weighted by Crippen LogP contribution is -2.19. The molecule has 2 heterocycles. The summed E-state index contributed by atoms with van der Waals surface area (Å²) in [6.45, 7) is 2.09. The molecule has 1 aliphatic heterocycles. The van der Waals surface area contributed by atoms with E-state index in [-0.39, 0.29) is 10.7 Å². The second-order valence-electron chi connectivity index (χ2n) is 4.98. The Labute approximate surface area is 126 Å². The summed E-state index contributed by atoms with van der Waals surface area (Å²) in [6.07, 6.45) is 3.99. The van der Waals surface area contributed by atoms with Gasteiger partial charge >= 0.3 is 0 Å². The number of furan rings is 1. The van der Waals surface area contributed by atoms with Gasteiger partial charge in [0.1, 0.15) is 5.76 Å². The van der Waals surface area contributed by atoms with Crippen LogP contribution in [0.3, 0.4) is 0 Å². The summed E-state index contributed by atoms with van der Waals surface area (Å²) in [5, 5.41) is 2.91. The minimum atomic E-state index is 0.101. The zero-order valence-corrected chi connectivity index (χ0v) is 12.9. The molecule has 2 aromatic rings. The van der Waals surface area contributed by atoms with Crippen LogP contribution in [0.2, 0.25) is 0 Å². The van der Waals surface area contributed by atoms with Crippen LogP contribution in [-0.2, 0) is 17.6 Å². The van der Waals surface area contributed by atoms with Gasteiger partial charge in [0.15, 0.2) is 0 Å². The zero-order valence-electron chi connectivity index (χ0n) is 11.3. The molecule has 0 spiro atoms. The number of alkyl halides is 1. The third-order valence-corrected chi connectivity index (χ3v) is 4.71. The van der Waals surface area contributed by atoms with Gasteiger partial charge in [0.05, 0.1) is 11.1 Å². The zero-order chi connectivity index (χ0) is 14.1. The van der Waals surface area contributed by atoms with Gasteiger partial charge in [0.2, 0.25) is 5.91 Å². The Morgan fingerprint density at radius 1 is 1.35 bits per heavy atom. The molecule has 1 atom stereocenters. The van der Waals surface area contributed by atoms with Gasteiger partial charge in [-0.15, -0.1) is 0 Å². The van der Waals surface area contributed by atoms with E-state index in [0.29, 0.717) is 6.42 Å². The number of hydrogen-bond donors (Lipinski definition) is 1. The molecule has 0 aliphatic carbocycles. The molecule has 0 bridgehead atoms. The standard InChI is InChI=1S/C16H16BrNO2/c1-2-14-12(7-8-20-14)16(17)11-3-5-13-10(9-11)4-6-15(19)18-13/h3,5,7-9,16H,2,4,6H2,1H3,(H,18,19). The van der Waals surface area contributed by atoms with E-state index in [1.165, 1.54) is 16.7 Å². The van der Waals surface area contributed by atoms with E-state index in [1.54, 1.807) is 6.26 Å². The smallest absolute Gasteiger partial charge is 0.224 e. The Hall–Kier alpha value is -1.55. The Balaban J connectivity index is 1.93. The van der Waals surface area contributed by atoms with Crippen molar-refractivity contribution in [1.82, 2.24) is 0 Å². The van der Waals surface area contributed by atoms with Crippen LogP contribution in [0.5, 0.6) is 0 Å². The quantitative estimate of drug-likeness (QED) is 0.855. The first kappa shape index (κ1) is 13.4. The van der Waals surface area contributed by atoms with Crippen LogP contribution in [0, 0.1) is 0 Å². The lowest BCUT2D eigenvalue weighted by Gasteiger charge is -2.19. The summed E-state index contributed by atoms with van der Waals surface area (Å²) in [4.78, 5) is 11.5. The highest BCUT2D eigenvalue weighted by atomic mass is 79.9. The first-order chi connectivity index (χ1) is 9.69. The molecule has 1 N–H and O–H groups in total. The van der Waals surface area contributed by atoms with Crippen LogP contribution in [0.15, 0.2) is 34.9 Å². The van der Waals surface area contributed by atoms with Gasteiger partial charge in [0.25, 0.3) is 0 Å². The number of amides is 1. The highest BCUT2D eigenvalue weighted by Crippen LogP contribution is 2.36. The van der Waals surface area contributed by atoms with Crippen LogP contribution in [-0.4, -0.2) is 5.91 Å². The summed E-state index contributed by atoms with van der Waals surface area (Å²) >= 11 is 3.76. The number of carbonyl (C=O) groups excluding carboxylic acids is 1. The normalized spacial score (nSPS) is 15.6. The van der Waals surface area contributed by atoms with E-state index < -0.39 is 0 Å². The van der Waals surface area contributed by atoms with Crippen molar-refractivity contribution in [3.05, 3.63) is 53.0 Å². The van der Waals surface area contributed by atoms with Gasteiger partial charge in [-0.25, -0.2) is 0 Å². The molecule has 0 saturated carbocycles. The van der Waals surface area contributed by atoms with E-state index in [0.717, 1.165) is 24.3 Å².